The van der Waals surface area contributed by atoms with Crippen LogP contribution in [-0.4, -0.2) is 61.9 Å². The molecule has 9 nitrogen and oxygen atoms in total. The SMILES string of the molecule is Cc1c(-n2c(C)nc3ccc(NC(=O)N4CCCC4)cc32)ccc(-c2ccccc2)c1C(=O)O.O=C(O)C(F)(F)F. The Bertz CT molecular complexity index is 1610. The number of nitrogens with one attached hydrogen (secondary N) is 1. The first-order chi connectivity index (χ1) is 19.4. The summed E-state index contributed by atoms with van der Waals surface area (Å²) in [7, 11) is 0. The number of aromatic nitrogens is 2. The minimum Gasteiger partial charge on any atom is -0.478 e. The van der Waals surface area contributed by atoms with Crippen molar-refractivity contribution in [2.75, 3.05) is 18.4 Å². The molecule has 0 atom stereocenters. The zero-order valence-corrected chi connectivity index (χ0v) is 22.2. The van der Waals surface area contributed by atoms with E-state index >= 15 is 0 Å². The fraction of sp³-hybridized carbons (Fsp3) is 0.241. The molecule has 0 radical (unpaired) electrons. The average molecular weight is 569 g/mol. The molecule has 4 aromatic rings. The first-order valence-corrected chi connectivity index (χ1v) is 12.7. The van der Waals surface area contributed by atoms with Crippen molar-refractivity contribution >= 4 is 34.7 Å². The molecule has 5 rings (SSSR count). The number of carbonyl (C=O) groups is 3. The summed E-state index contributed by atoms with van der Waals surface area (Å²) in [5.74, 6) is -2.99. The number of amides is 2. The summed E-state index contributed by atoms with van der Waals surface area (Å²) in [6.45, 7) is 5.27. The lowest BCUT2D eigenvalue weighted by Gasteiger charge is -2.17. The number of aryl methyl sites for hydroxylation is 1. The number of carboxylic acids is 2. The number of likely N-dealkylation sites (tertiary alicyclic amines) is 1. The van der Waals surface area contributed by atoms with Crippen LogP contribution in [-0.2, 0) is 4.79 Å². The van der Waals surface area contributed by atoms with Crippen LogP contribution in [0.25, 0.3) is 27.8 Å². The van der Waals surface area contributed by atoms with Crippen LogP contribution in [0.1, 0.15) is 34.6 Å². The van der Waals surface area contributed by atoms with Crippen molar-refractivity contribution in [1.29, 1.82) is 0 Å². The molecule has 41 heavy (non-hydrogen) atoms. The number of rotatable bonds is 4. The average Bonchev–Trinajstić information content (AvgIpc) is 3.57. The van der Waals surface area contributed by atoms with Crippen molar-refractivity contribution in [3.8, 4) is 16.8 Å². The van der Waals surface area contributed by atoms with Crippen LogP contribution in [0.15, 0.2) is 60.7 Å². The van der Waals surface area contributed by atoms with Gasteiger partial charge in [-0.15, -0.1) is 0 Å². The monoisotopic (exact) mass is 568 g/mol. The van der Waals surface area contributed by atoms with Crippen molar-refractivity contribution in [2.24, 2.45) is 0 Å². The molecule has 0 bridgehead atoms. The van der Waals surface area contributed by atoms with Gasteiger partial charge >= 0.3 is 24.1 Å². The van der Waals surface area contributed by atoms with E-state index in [0.29, 0.717) is 16.8 Å². The van der Waals surface area contributed by atoms with Gasteiger partial charge in [0, 0.05) is 18.8 Å². The Balaban J connectivity index is 0.000000493. The van der Waals surface area contributed by atoms with Crippen LogP contribution in [0, 0.1) is 13.8 Å². The van der Waals surface area contributed by atoms with Crippen LogP contribution in [0.3, 0.4) is 0 Å². The highest BCUT2D eigenvalue weighted by molar-refractivity contribution is 5.99. The normalized spacial score (nSPS) is 13.0. The molecule has 1 aromatic heterocycles. The predicted molar refractivity (Wildman–Crippen MR) is 146 cm³/mol. The van der Waals surface area contributed by atoms with Gasteiger partial charge in [-0.05, 0) is 67.6 Å². The minimum absolute atomic E-state index is 0.101. The number of urea groups is 1. The second-order valence-corrected chi connectivity index (χ2v) is 9.43. The van der Waals surface area contributed by atoms with Gasteiger partial charge in [0.05, 0.1) is 22.3 Å². The van der Waals surface area contributed by atoms with Crippen molar-refractivity contribution < 1.29 is 37.8 Å². The standard InChI is InChI=1S/C27H26N4O3.C2HF3O2/c1-17-23(13-11-21(25(17)26(32)33)19-8-4-3-5-9-19)31-18(2)28-22-12-10-20(16-24(22)31)29-27(34)30-14-6-7-15-30;3-2(4,5)1(6)7/h3-5,8-13,16H,6-7,14-15H2,1-2H3,(H,29,34)(H,32,33);(H,6,7). The Kier molecular flexibility index (Phi) is 8.31. The molecule has 1 saturated heterocycles. The number of benzene rings is 3. The third kappa shape index (κ3) is 6.32. The van der Waals surface area contributed by atoms with Gasteiger partial charge in [0.2, 0.25) is 0 Å². The van der Waals surface area contributed by atoms with E-state index in [9.17, 15) is 27.9 Å². The lowest BCUT2D eigenvalue weighted by atomic mass is 9.94. The summed E-state index contributed by atoms with van der Waals surface area (Å²) in [4.78, 5) is 40.3. The summed E-state index contributed by atoms with van der Waals surface area (Å²) in [6, 6.07) is 18.8. The Morgan fingerprint density at radius 1 is 0.927 bits per heavy atom. The smallest absolute Gasteiger partial charge is 0.478 e. The van der Waals surface area contributed by atoms with E-state index in [-0.39, 0.29) is 11.6 Å². The molecule has 12 heteroatoms. The van der Waals surface area contributed by atoms with E-state index in [1.807, 2.05) is 84.0 Å². The first-order valence-electron chi connectivity index (χ1n) is 12.7. The largest absolute Gasteiger partial charge is 0.490 e. The van der Waals surface area contributed by atoms with Crippen LogP contribution < -0.4 is 5.32 Å². The molecular weight excluding hydrogens is 541 g/mol. The van der Waals surface area contributed by atoms with Crippen molar-refractivity contribution in [1.82, 2.24) is 14.5 Å². The number of hydrogen-bond acceptors (Lipinski definition) is 4. The number of anilines is 1. The minimum atomic E-state index is -5.08. The highest BCUT2D eigenvalue weighted by atomic mass is 19.4. The second-order valence-electron chi connectivity index (χ2n) is 9.43. The molecule has 1 fully saturated rings. The number of carbonyl (C=O) groups excluding carboxylic acids is 1. The molecule has 1 aliphatic heterocycles. The number of aromatic carboxylic acids is 1. The van der Waals surface area contributed by atoms with E-state index in [0.717, 1.165) is 54.0 Å². The second kappa shape index (κ2) is 11.7. The highest BCUT2D eigenvalue weighted by Crippen LogP contribution is 2.33. The molecule has 0 spiro atoms. The van der Waals surface area contributed by atoms with Gasteiger partial charge in [0.15, 0.2) is 0 Å². The molecule has 0 aliphatic carbocycles. The fourth-order valence-corrected chi connectivity index (χ4v) is 4.78. The molecule has 214 valence electrons. The fourth-order valence-electron chi connectivity index (χ4n) is 4.78. The molecule has 3 aromatic carbocycles. The lowest BCUT2D eigenvalue weighted by molar-refractivity contribution is -0.192. The molecule has 3 N–H and O–H groups in total. The third-order valence-electron chi connectivity index (χ3n) is 6.69. The van der Waals surface area contributed by atoms with Crippen LogP contribution in [0.2, 0.25) is 0 Å². The Morgan fingerprint density at radius 3 is 2.15 bits per heavy atom. The summed E-state index contributed by atoms with van der Waals surface area (Å²) in [5.41, 5.74) is 5.47. The van der Waals surface area contributed by atoms with Gasteiger partial charge in [-0.3, -0.25) is 4.57 Å². The maximum atomic E-state index is 12.6. The molecule has 1 aliphatic rings. The number of imidazole rings is 1. The third-order valence-corrected chi connectivity index (χ3v) is 6.69. The first kappa shape index (κ1) is 29.1. The molecule has 2 heterocycles. The maximum Gasteiger partial charge on any atom is 0.490 e. The zero-order chi connectivity index (χ0) is 29.9. The van der Waals surface area contributed by atoms with E-state index < -0.39 is 18.1 Å². The Hall–Kier alpha value is -4.87. The van der Waals surface area contributed by atoms with Gasteiger partial charge in [-0.1, -0.05) is 36.4 Å². The number of aliphatic carboxylic acids is 1. The number of hydrogen-bond donors (Lipinski definition) is 3. The lowest BCUT2D eigenvalue weighted by Crippen LogP contribution is -2.32. The predicted octanol–water partition coefficient (Wildman–Crippen LogP) is 6.27. The number of carboxylic acid groups (broad SMARTS) is 2. The quantitative estimate of drug-likeness (QED) is 0.267. The summed E-state index contributed by atoms with van der Waals surface area (Å²) in [6.07, 6.45) is -3.02. The number of fused-ring (bicyclic) bond motifs is 1. The van der Waals surface area contributed by atoms with E-state index in [1.54, 1.807) is 0 Å². The van der Waals surface area contributed by atoms with E-state index in [2.05, 4.69) is 10.3 Å². The van der Waals surface area contributed by atoms with Gasteiger partial charge < -0.3 is 20.4 Å². The molecule has 0 unspecified atom stereocenters. The Labute approximate surface area is 232 Å². The van der Waals surface area contributed by atoms with Crippen LogP contribution in [0.4, 0.5) is 23.7 Å². The number of halogens is 3. The Morgan fingerprint density at radius 2 is 1.56 bits per heavy atom. The van der Waals surface area contributed by atoms with Crippen LogP contribution >= 0.6 is 0 Å². The summed E-state index contributed by atoms with van der Waals surface area (Å²) in [5, 5.41) is 20.2. The van der Waals surface area contributed by atoms with Crippen molar-refractivity contribution in [3.05, 3.63) is 77.6 Å². The molecule has 0 saturated carbocycles. The van der Waals surface area contributed by atoms with Gasteiger partial charge in [0.25, 0.3) is 0 Å². The van der Waals surface area contributed by atoms with Gasteiger partial charge in [-0.2, -0.15) is 13.2 Å². The number of alkyl halides is 3. The van der Waals surface area contributed by atoms with Crippen molar-refractivity contribution in [2.45, 2.75) is 32.9 Å². The molecular formula is C29H27F3N4O5. The van der Waals surface area contributed by atoms with E-state index in [4.69, 9.17) is 9.90 Å². The van der Waals surface area contributed by atoms with Crippen LogP contribution in [0.5, 0.6) is 0 Å². The zero-order valence-electron chi connectivity index (χ0n) is 22.2. The topological polar surface area (TPSA) is 125 Å². The highest BCUT2D eigenvalue weighted by Gasteiger charge is 2.38. The number of nitrogens with zero attached hydrogens (tertiary/aromatic N) is 3. The van der Waals surface area contributed by atoms with Gasteiger partial charge in [-0.25, -0.2) is 19.4 Å². The van der Waals surface area contributed by atoms with Crippen molar-refractivity contribution in [3.63, 3.8) is 0 Å². The summed E-state index contributed by atoms with van der Waals surface area (Å²) < 4.78 is 33.7. The van der Waals surface area contributed by atoms with E-state index in [1.165, 1.54) is 0 Å². The summed E-state index contributed by atoms with van der Waals surface area (Å²) >= 11 is 0. The van der Waals surface area contributed by atoms with Gasteiger partial charge in [0.1, 0.15) is 5.82 Å². The molecule has 2 amide bonds. The maximum absolute atomic E-state index is 12.6.